The summed E-state index contributed by atoms with van der Waals surface area (Å²) in [5.41, 5.74) is 6.91. The zero-order valence-electron chi connectivity index (χ0n) is 15.1. The summed E-state index contributed by atoms with van der Waals surface area (Å²) in [5.74, 6) is 0.225. The van der Waals surface area contributed by atoms with Gasteiger partial charge in [0.25, 0.3) is 0 Å². The van der Waals surface area contributed by atoms with Crippen molar-refractivity contribution in [3.63, 3.8) is 0 Å². The Morgan fingerprint density at radius 2 is 1.69 bits per heavy atom. The number of carbonyl (C=O) groups excluding carboxylic acids is 2. The van der Waals surface area contributed by atoms with Crippen LogP contribution in [0.1, 0.15) is 25.8 Å². The zero-order chi connectivity index (χ0) is 18.9. The highest BCUT2D eigenvalue weighted by Crippen LogP contribution is 2.24. The molecule has 2 aromatic rings. The van der Waals surface area contributed by atoms with Gasteiger partial charge in [0.1, 0.15) is 18.4 Å². The highest BCUT2D eigenvalue weighted by Gasteiger charge is 2.19. The number of ether oxygens (including phenoxy) is 1. The SMILES string of the molecule is CC(C)C[C@H](NC(=O)Nc1ccccc1OCc1ccccc1)C(N)=O. The summed E-state index contributed by atoms with van der Waals surface area (Å²) in [7, 11) is 0. The predicted molar refractivity (Wildman–Crippen MR) is 102 cm³/mol. The van der Waals surface area contributed by atoms with Crippen LogP contribution in [-0.4, -0.2) is 18.0 Å². The molecule has 0 heterocycles. The summed E-state index contributed by atoms with van der Waals surface area (Å²) >= 11 is 0. The molecule has 0 saturated heterocycles. The smallest absolute Gasteiger partial charge is 0.319 e. The summed E-state index contributed by atoms with van der Waals surface area (Å²) in [6.07, 6.45) is 0.481. The molecule has 0 aliphatic carbocycles. The average Bonchev–Trinajstić information content (AvgIpc) is 2.61. The van der Waals surface area contributed by atoms with Crippen LogP contribution >= 0.6 is 0 Å². The molecule has 4 N–H and O–H groups in total. The number of primary amides is 1. The normalized spacial score (nSPS) is 11.7. The van der Waals surface area contributed by atoms with Gasteiger partial charge < -0.3 is 21.1 Å². The first-order valence-corrected chi connectivity index (χ1v) is 8.58. The maximum Gasteiger partial charge on any atom is 0.319 e. The molecule has 1 atom stereocenters. The number of para-hydroxylation sites is 2. The molecule has 2 aromatic carbocycles. The van der Waals surface area contributed by atoms with Gasteiger partial charge in [-0.25, -0.2) is 4.79 Å². The lowest BCUT2D eigenvalue weighted by Crippen LogP contribution is -2.46. The number of hydrogen-bond donors (Lipinski definition) is 3. The third kappa shape index (κ3) is 6.12. The number of nitrogens with two attached hydrogens (primary N) is 1. The van der Waals surface area contributed by atoms with Crippen molar-refractivity contribution in [2.24, 2.45) is 11.7 Å². The van der Waals surface area contributed by atoms with E-state index in [-0.39, 0.29) is 5.92 Å². The van der Waals surface area contributed by atoms with Crippen LogP contribution in [0.4, 0.5) is 10.5 Å². The molecule has 6 nitrogen and oxygen atoms in total. The van der Waals surface area contributed by atoms with Crippen molar-refractivity contribution in [3.8, 4) is 5.75 Å². The van der Waals surface area contributed by atoms with Crippen LogP contribution in [0.15, 0.2) is 54.6 Å². The van der Waals surface area contributed by atoms with Gasteiger partial charge in [-0.3, -0.25) is 4.79 Å². The van der Waals surface area contributed by atoms with E-state index in [1.165, 1.54) is 0 Å². The summed E-state index contributed by atoms with van der Waals surface area (Å²) in [6.45, 7) is 4.31. The van der Waals surface area contributed by atoms with E-state index in [1.54, 1.807) is 18.2 Å². The van der Waals surface area contributed by atoms with Gasteiger partial charge >= 0.3 is 6.03 Å². The Kier molecular flexibility index (Phi) is 7.02. The van der Waals surface area contributed by atoms with Gasteiger partial charge in [-0.1, -0.05) is 56.3 Å². The monoisotopic (exact) mass is 355 g/mol. The fraction of sp³-hybridized carbons (Fsp3) is 0.300. The Hall–Kier alpha value is -3.02. The number of anilines is 1. The molecule has 0 bridgehead atoms. The van der Waals surface area contributed by atoms with Crippen LogP contribution < -0.4 is 21.1 Å². The fourth-order valence-electron chi connectivity index (χ4n) is 2.47. The number of nitrogens with one attached hydrogen (secondary N) is 2. The van der Waals surface area contributed by atoms with Gasteiger partial charge in [0.05, 0.1) is 5.69 Å². The summed E-state index contributed by atoms with van der Waals surface area (Å²) in [6, 6.07) is 15.7. The molecule has 0 unspecified atom stereocenters. The molecule has 6 heteroatoms. The maximum atomic E-state index is 12.2. The van der Waals surface area contributed by atoms with E-state index in [2.05, 4.69) is 10.6 Å². The van der Waals surface area contributed by atoms with Crippen LogP contribution in [0.3, 0.4) is 0 Å². The van der Waals surface area contributed by atoms with E-state index < -0.39 is 18.0 Å². The lowest BCUT2D eigenvalue weighted by Gasteiger charge is -2.18. The molecule has 138 valence electrons. The third-order valence-corrected chi connectivity index (χ3v) is 3.73. The Labute approximate surface area is 153 Å². The van der Waals surface area contributed by atoms with Gasteiger partial charge in [-0.2, -0.15) is 0 Å². The number of urea groups is 1. The van der Waals surface area contributed by atoms with Gasteiger partial charge in [-0.15, -0.1) is 0 Å². The van der Waals surface area contributed by atoms with Gasteiger partial charge in [0.2, 0.25) is 5.91 Å². The zero-order valence-corrected chi connectivity index (χ0v) is 15.1. The topological polar surface area (TPSA) is 93.4 Å². The number of carbonyl (C=O) groups is 2. The summed E-state index contributed by atoms with van der Waals surface area (Å²) < 4.78 is 5.81. The van der Waals surface area contributed by atoms with Crippen molar-refractivity contribution >= 4 is 17.6 Å². The van der Waals surface area contributed by atoms with E-state index in [1.807, 2.05) is 50.2 Å². The van der Waals surface area contributed by atoms with Crippen LogP contribution in [0.25, 0.3) is 0 Å². The molecular weight excluding hydrogens is 330 g/mol. The fourth-order valence-corrected chi connectivity index (χ4v) is 2.47. The molecule has 0 spiro atoms. The minimum absolute atomic E-state index is 0.231. The number of hydrogen-bond acceptors (Lipinski definition) is 3. The average molecular weight is 355 g/mol. The minimum atomic E-state index is -0.715. The molecule has 0 aromatic heterocycles. The van der Waals surface area contributed by atoms with E-state index in [9.17, 15) is 9.59 Å². The van der Waals surface area contributed by atoms with Gasteiger partial charge in [0, 0.05) is 0 Å². The molecule has 0 aliphatic heterocycles. The van der Waals surface area contributed by atoms with E-state index >= 15 is 0 Å². The van der Waals surface area contributed by atoms with Crippen LogP contribution in [0.2, 0.25) is 0 Å². The van der Waals surface area contributed by atoms with Gasteiger partial charge in [-0.05, 0) is 30.0 Å². The van der Waals surface area contributed by atoms with Crippen molar-refractivity contribution in [2.45, 2.75) is 32.9 Å². The minimum Gasteiger partial charge on any atom is -0.487 e. The van der Waals surface area contributed by atoms with Crippen molar-refractivity contribution in [3.05, 3.63) is 60.2 Å². The number of rotatable bonds is 8. The molecule has 3 amide bonds. The van der Waals surface area contributed by atoms with E-state index in [4.69, 9.17) is 10.5 Å². The van der Waals surface area contributed by atoms with Crippen LogP contribution in [0, 0.1) is 5.92 Å². The lowest BCUT2D eigenvalue weighted by atomic mass is 10.0. The Bertz CT molecular complexity index is 732. The highest BCUT2D eigenvalue weighted by atomic mass is 16.5. The molecular formula is C20H25N3O3. The molecule has 0 fully saturated rings. The highest BCUT2D eigenvalue weighted by molar-refractivity contribution is 5.94. The number of amides is 3. The van der Waals surface area contributed by atoms with Gasteiger partial charge in [0.15, 0.2) is 0 Å². The second-order valence-corrected chi connectivity index (χ2v) is 6.45. The van der Waals surface area contributed by atoms with E-state index in [0.717, 1.165) is 5.56 Å². The molecule has 0 saturated carbocycles. The Balaban J connectivity index is 2.00. The first-order valence-electron chi connectivity index (χ1n) is 8.58. The van der Waals surface area contributed by atoms with Crippen molar-refractivity contribution in [2.75, 3.05) is 5.32 Å². The second kappa shape index (κ2) is 9.46. The summed E-state index contributed by atoms with van der Waals surface area (Å²) in [5, 5.41) is 5.34. The maximum absolute atomic E-state index is 12.2. The molecule has 2 rings (SSSR count). The largest absolute Gasteiger partial charge is 0.487 e. The Morgan fingerprint density at radius 3 is 2.35 bits per heavy atom. The van der Waals surface area contributed by atoms with Crippen LogP contribution in [0.5, 0.6) is 5.75 Å². The lowest BCUT2D eigenvalue weighted by molar-refractivity contribution is -0.120. The van der Waals surface area contributed by atoms with Crippen molar-refractivity contribution in [1.82, 2.24) is 5.32 Å². The second-order valence-electron chi connectivity index (χ2n) is 6.45. The molecule has 26 heavy (non-hydrogen) atoms. The standard InChI is InChI=1S/C20H25N3O3/c1-14(2)12-17(19(21)24)23-20(25)22-16-10-6-7-11-18(16)26-13-15-8-4-3-5-9-15/h3-11,14,17H,12-13H2,1-2H3,(H2,21,24)(H2,22,23,25)/t17-/m0/s1. The summed E-state index contributed by atoms with van der Waals surface area (Å²) in [4.78, 5) is 23.8. The molecule has 0 radical (unpaired) electrons. The predicted octanol–water partition coefficient (Wildman–Crippen LogP) is 3.29. The third-order valence-electron chi connectivity index (χ3n) is 3.73. The van der Waals surface area contributed by atoms with Crippen molar-refractivity contribution < 1.29 is 14.3 Å². The quantitative estimate of drug-likeness (QED) is 0.678. The van der Waals surface area contributed by atoms with Crippen molar-refractivity contribution in [1.29, 1.82) is 0 Å². The Morgan fingerprint density at radius 1 is 1.04 bits per heavy atom. The van der Waals surface area contributed by atoms with Crippen LogP contribution in [-0.2, 0) is 11.4 Å². The van der Waals surface area contributed by atoms with E-state index in [0.29, 0.717) is 24.5 Å². The molecule has 0 aliphatic rings. The first kappa shape index (κ1) is 19.3. The number of benzene rings is 2. The first-order chi connectivity index (χ1) is 12.5.